The first-order valence-corrected chi connectivity index (χ1v) is 8.25. The highest BCUT2D eigenvalue weighted by atomic mass is 16.2. The Morgan fingerprint density at radius 2 is 2.14 bits per heavy atom. The van der Waals surface area contributed by atoms with E-state index in [-0.39, 0.29) is 17.9 Å². The fourth-order valence-corrected chi connectivity index (χ4v) is 3.61. The van der Waals surface area contributed by atoms with Gasteiger partial charge in [-0.2, -0.15) is 0 Å². The van der Waals surface area contributed by atoms with Crippen LogP contribution in [0.2, 0.25) is 0 Å². The van der Waals surface area contributed by atoms with Crippen LogP contribution in [-0.4, -0.2) is 45.8 Å². The summed E-state index contributed by atoms with van der Waals surface area (Å²) >= 11 is 0. The van der Waals surface area contributed by atoms with Gasteiger partial charge >= 0.3 is 0 Å². The largest absolute Gasteiger partial charge is 0.353 e. The highest BCUT2D eigenvalue weighted by molar-refractivity contribution is 5.96. The summed E-state index contributed by atoms with van der Waals surface area (Å²) in [6.45, 7) is 2.91. The number of hydrogen-bond donors (Lipinski definition) is 2. The van der Waals surface area contributed by atoms with Crippen LogP contribution in [0.1, 0.15) is 54.8 Å². The number of hydrogen-bond acceptors (Lipinski definition) is 3. The van der Waals surface area contributed by atoms with Gasteiger partial charge in [0.05, 0.1) is 6.20 Å². The molecule has 1 atom stereocenters. The topological polar surface area (TPSA) is 78.1 Å². The molecule has 1 aromatic rings. The minimum Gasteiger partial charge on any atom is -0.353 e. The highest BCUT2D eigenvalue weighted by Crippen LogP contribution is 2.29. The number of amides is 2. The summed E-state index contributed by atoms with van der Waals surface area (Å²) < 4.78 is 0. The predicted octanol–water partition coefficient (Wildman–Crippen LogP) is 1.63. The van der Waals surface area contributed by atoms with Gasteiger partial charge in [0, 0.05) is 13.1 Å². The van der Waals surface area contributed by atoms with Gasteiger partial charge in [-0.1, -0.05) is 32.1 Å². The van der Waals surface area contributed by atoms with E-state index in [1.807, 2.05) is 6.92 Å². The maximum absolute atomic E-state index is 12.7. The molecule has 6 heteroatoms. The summed E-state index contributed by atoms with van der Waals surface area (Å²) in [6.07, 6.45) is 8.47. The molecular formula is C16H24N4O2. The normalized spacial score (nSPS) is 23.4. The molecule has 1 aliphatic heterocycles. The molecule has 22 heavy (non-hydrogen) atoms. The molecule has 2 amide bonds. The third-order valence-corrected chi connectivity index (χ3v) is 4.81. The Morgan fingerprint density at radius 1 is 1.36 bits per heavy atom. The van der Waals surface area contributed by atoms with Gasteiger partial charge in [0.25, 0.3) is 5.91 Å². The number of nitrogens with one attached hydrogen (secondary N) is 2. The third kappa shape index (κ3) is 3.15. The van der Waals surface area contributed by atoms with E-state index in [1.54, 1.807) is 11.1 Å². The lowest BCUT2D eigenvalue weighted by Gasteiger charge is -2.37. The lowest BCUT2D eigenvalue weighted by molar-refractivity contribution is -0.128. The molecule has 0 aromatic carbocycles. The van der Waals surface area contributed by atoms with Crippen molar-refractivity contribution in [2.75, 3.05) is 13.1 Å². The summed E-state index contributed by atoms with van der Waals surface area (Å²) in [4.78, 5) is 33.8. The Kier molecular flexibility index (Phi) is 4.45. The average Bonchev–Trinajstić information content (AvgIpc) is 2.96. The first-order valence-electron chi connectivity index (χ1n) is 8.25. The fraction of sp³-hybridized carbons (Fsp3) is 0.688. The van der Waals surface area contributed by atoms with Crippen molar-refractivity contribution in [2.24, 2.45) is 5.92 Å². The number of H-pyrrole nitrogens is 1. The highest BCUT2D eigenvalue weighted by Gasteiger charge is 2.35. The van der Waals surface area contributed by atoms with Crippen LogP contribution in [0.25, 0.3) is 0 Å². The molecule has 0 spiro atoms. The van der Waals surface area contributed by atoms with E-state index in [4.69, 9.17) is 0 Å². The smallest absolute Gasteiger partial charge is 0.272 e. The summed E-state index contributed by atoms with van der Waals surface area (Å²) in [5, 5.41) is 2.90. The quantitative estimate of drug-likeness (QED) is 0.891. The molecule has 2 fully saturated rings. The maximum Gasteiger partial charge on any atom is 0.272 e. The zero-order chi connectivity index (χ0) is 15.5. The molecule has 1 aliphatic carbocycles. The van der Waals surface area contributed by atoms with Crippen molar-refractivity contribution in [3.8, 4) is 0 Å². The Balaban J connectivity index is 1.74. The van der Waals surface area contributed by atoms with Crippen molar-refractivity contribution in [3.05, 3.63) is 17.7 Å². The molecule has 1 aromatic heterocycles. The number of carbonyl (C=O) groups is 2. The minimum atomic E-state index is -0.340. The maximum atomic E-state index is 12.7. The molecule has 2 aliphatic rings. The van der Waals surface area contributed by atoms with E-state index in [1.165, 1.54) is 32.1 Å². The van der Waals surface area contributed by atoms with Gasteiger partial charge < -0.3 is 15.2 Å². The third-order valence-electron chi connectivity index (χ3n) is 4.81. The first kappa shape index (κ1) is 15.1. The van der Waals surface area contributed by atoms with E-state index in [0.717, 1.165) is 6.42 Å². The van der Waals surface area contributed by atoms with Crippen LogP contribution in [0.3, 0.4) is 0 Å². The molecule has 6 nitrogen and oxygen atoms in total. The van der Waals surface area contributed by atoms with Crippen LogP contribution in [0.15, 0.2) is 6.20 Å². The average molecular weight is 304 g/mol. The molecule has 0 bridgehead atoms. The summed E-state index contributed by atoms with van der Waals surface area (Å²) in [6, 6.07) is -0.340. The van der Waals surface area contributed by atoms with Crippen molar-refractivity contribution in [1.82, 2.24) is 20.2 Å². The van der Waals surface area contributed by atoms with Crippen LogP contribution in [0.4, 0.5) is 0 Å². The van der Waals surface area contributed by atoms with Crippen molar-refractivity contribution in [1.29, 1.82) is 0 Å². The van der Waals surface area contributed by atoms with Gasteiger partial charge in [0.1, 0.15) is 17.6 Å². The van der Waals surface area contributed by atoms with Gasteiger partial charge in [-0.05, 0) is 19.3 Å². The van der Waals surface area contributed by atoms with Gasteiger partial charge in [0.15, 0.2) is 0 Å². The Morgan fingerprint density at radius 3 is 2.82 bits per heavy atom. The second kappa shape index (κ2) is 6.50. The molecule has 3 rings (SSSR count). The number of imidazole rings is 1. The fourth-order valence-electron chi connectivity index (χ4n) is 3.61. The number of aryl methyl sites for hydroxylation is 1. The molecule has 1 saturated heterocycles. The molecule has 2 heterocycles. The number of aromatic nitrogens is 2. The molecule has 2 N–H and O–H groups in total. The second-order valence-electron chi connectivity index (χ2n) is 6.43. The zero-order valence-electron chi connectivity index (χ0n) is 13.1. The lowest BCUT2D eigenvalue weighted by atomic mass is 9.84. The Bertz CT molecular complexity index is 548. The van der Waals surface area contributed by atoms with E-state index in [2.05, 4.69) is 15.3 Å². The molecule has 1 saturated carbocycles. The molecule has 120 valence electrons. The summed E-state index contributed by atoms with van der Waals surface area (Å²) in [5.41, 5.74) is 0.473. The standard InChI is InChI=1S/C16H24N4O2/c1-11-18-10-13(19-11)16(22)20-8-7-17-15(21)14(20)9-12-5-3-2-4-6-12/h10,12,14H,2-9H2,1H3,(H,17,21)(H,18,19)/t14-/m0/s1. The van der Waals surface area contributed by atoms with Crippen LogP contribution in [0.5, 0.6) is 0 Å². The molecular weight excluding hydrogens is 280 g/mol. The number of aromatic amines is 1. The second-order valence-corrected chi connectivity index (χ2v) is 6.43. The Hall–Kier alpha value is -1.85. The minimum absolute atomic E-state index is 0.0126. The van der Waals surface area contributed by atoms with Gasteiger partial charge in [0.2, 0.25) is 5.91 Å². The zero-order valence-corrected chi connectivity index (χ0v) is 13.1. The van der Waals surface area contributed by atoms with Gasteiger partial charge in [-0.3, -0.25) is 9.59 Å². The van der Waals surface area contributed by atoms with Crippen LogP contribution in [-0.2, 0) is 4.79 Å². The Labute approximate surface area is 130 Å². The number of carbonyl (C=O) groups excluding carboxylic acids is 2. The van der Waals surface area contributed by atoms with Crippen molar-refractivity contribution >= 4 is 11.8 Å². The van der Waals surface area contributed by atoms with Crippen LogP contribution in [0, 0.1) is 12.8 Å². The van der Waals surface area contributed by atoms with E-state index in [9.17, 15) is 9.59 Å². The lowest BCUT2D eigenvalue weighted by Crippen LogP contribution is -2.57. The van der Waals surface area contributed by atoms with Crippen molar-refractivity contribution in [3.63, 3.8) is 0 Å². The summed E-state index contributed by atoms with van der Waals surface area (Å²) in [5.74, 6) is 1.15. The van der Waals surface area contributed by atoms with Gasteiger partial charge in [-0.15, -0.1) is 0 Å². The van der Waals surface area contributed by atoms with E-state index < -0.39 is 0 Å². The number of nitrogens with zero attached hydrogens (tertiary/aromatic N) is 2. The number of rotatable bonds is 3. The monoisotopic (exact) mass is 304 g/mol. The molecule has 0 radical (unpaired) electrons. The first-order chi connectivity index (χ1) is 10.6. The SMILES string of the molecule is Cc1ncc(C(=O)N2CCNC(=O)[C@@H]2CC2CCCCC2)[nH]1. The predicted molar refractivity (Wildman–Crippen MR) is 82.4 cm³/mol. The van der Waals surface area contributed by atoms with E-state index >= 15 is 0 Å². The van der Waals surface area contributed by atoms with Gasteiger partial charge in [-0.25, -0.2) is 4.98 Å². The molecule has 0 unspecified atom stereocenters. The van der Waals surface area contributed by atoms with Crippen molar-refractivity contribution in [2.45, 2.75) is 51.5 Å². The van der Waals surface area contributed by atoms with Crippen molar-refractivity contribution < 1.29 is 9.59 Å². The van der Waals surface area contributed by atoms with E-state index in [0.29, 0.717) is 30.5 Å². The van der Waals surface area contributed by atoms with Crippen LogP contribution >= 0.6 is 0 Å². The van der Waals surface area contributed by atoms with Crippen LogP contribution < -0.4 is 5.32 Å². The number of piperazine rings is 1. The summed E-state index contributed by atoms with van der Waals surface area (Å²) in [7, 11) is 0.